The average molecular weight is 531 g/mol. The normalized spacial score (nSPS) is 11.9. The van der Waals surface area contributed by atoms with E-state index in [0.717, 1.165) is 6.42 Å². The second-order valence-electron chi connectivity index (χ2n) is 10.6. The van der Waals surface area contributed by atoms with Gasteiger partial charge in [-0.15, -0.1) is 0 Å². The lowest BCUT2D eigenvalue weighted by atomic mass is 9.82. The van der Waals surface area contributed by atoms with Gasteiger partial charge in [-0.2, -0.15) is 0 Å². The fourth-order valence-corrected chi connectivity index (χ4v) is 4.83. The van der Waals surface area contributed by atoms with E-state index >= 15 is 0 Å². The van der Waals surface area contributed by atoms with Gasteiger partial charge in [0.1, 0.15) is 22.0 Å². The Hall–Kier alpha value is -3.26. The summed E-state index contributed by atoms with van der Waals surface area (Å²) in [6.07, 6.45) is 0.741. The molecule has 0 atom stereocenters. The molecule has 8 nitrogen and oxygen atoms in total. The molecule has 2 heterocycles. The number of benzene rings is 1. The van der Waals surface area contributed by atoms with Crippen molar-refractivity contribution >= 4 is 40.3 Å². The number of halogens is 1. The number of pyridine rings is 1. The van der Waals surface area contributed by atoms with E-state index in [1.807, 2.05) is 13.8 Å². The summed E-state index contributed by atoms with van der Waals surface area (Å²) in [4.78, 5) is 30.9. The molecular formula is C28H35ClN2O6. The summed E-state index contributed by atoms with van der Waals surface area (Å²) >= 11 is 6.60. The second kappa shape index (κ2) is 11.0. The summed E-state index contributed by atoms with van der Waals surface area (Å²) in [5, 5.41) is 4.14. The predicted molar refractivity (Wildman–Crippen MR) is 145 cm³/mol. The molecule has 0 radical (unpaired) electrons. The number of nitrogens with one attached hydrogen (secondary N) is 1. The minimum atomic E-state index is -0.729. The van der Waals surface area contributed by atoms with Crippen molar-refractivity contribution in [3.05, 3.63) is 40.5 Å². The Balaban J connectivity index is 2.31. The third-order valence-corrected chi connectivity index (χ3v) is 5.80. The van der Waals surface area contributed by atoms with E-state index in [1.165, 1.54) is 0 Å². The maximum absolute atomic E-state index is 13.3. The van der Waals surface area contributed by atoms with Gasteiger partial charge in [0.25, 0.3) is 0 Å². The molecule has 3 rings (SSSR count). The van der Waals surface area contributed by atoms with Gasteiger partial charge in [-0.05, 0) is 63.8 Å². The van der Waals surface area contributed by atoms with Gasteiger partial charge in [-0.3, -0.25) is 0 Å². The zero-order valence-electron chi connectivity index (χ0n) is 22.7. The van der Waals surface area contributed by atoms with Crippen LogP contribution in [0.4, 0.5) is 5.88 Å². The van der Waals surface area contributed by atoms with Gasteiger partial charge < -0.3 is 23.9 Å². The molecule has 2 aromatic heterocycles. The number of esters is 2. The fraction of sp³-hybridized carbons (Fsp3) is 0.464. The Morgan fingerprint density at radius 2 is 1.62 bits per heavy atom. The van der Waals surface area contributed by atoms with Crippen molar-refractivity contribution < 1.29 is 28.2 Å². The zero-order valence-corrected chi connectivity index (χ0v) is 23.5. The molecule has 0 fully saturated rings. The molecule has 0 unspecified atom stereocenters. The molecule has 0 spiro atoms. The van der Waals surface area contributed by atoms with Gasteiger partial charge in [0.2, 0.25) is 5.88 Å². The molecule has 37 heavy (non-hydrogen) atoms. The highest BCUT2D eigenvalue weighted by molar-refractivity contribution is 6.33. The number of anilines is 1. The molecule has 0 aliphatic heterocycles. The summed E-state index contributed by atoms with van der Waals surface area (Å²) in [5.74, 6) is -0.634. The molecule has 200 valence electrons. The van der Waals surface area contributed by atoms with E-state index in [2.05, 4.69) is 31.1 Å². The Bertz CT molecular complexity index is 1310. The van der Waals surface area contributed by atoms with E-state index in [-0.39, 0.29) is 46.6 Å². The highest BCUT2D eigenvalue weighted by atomic mass is 35.5. The first-order valence-corrected chi connectivity index (χ1v) is 12.6. The van der Waals surface area contributed by atoms with Gasteiger partial charge in [-0.25, -0.2) is 14.6 Å². The lowest BCUT2D eigenvalue weighted by Crippen LogP contribution is -2.35. The first-order valence-electron chi connectivity index (χ1n) is 12.2. The van der Waals surface area contributed by atoms with Gasteiger partial charge in [0.05, 0.1) is 31.4 Å². The first kappa shape index (κ1) is 28.3. The molecule has 0 saturated carbocycles. The number of aromatic nitrogens is 1. The standard InChI is InChI=1S/C28H35ClN2O6/c1-9-35-25(32)20-21(26(33)36-10-2)24(31-28(6,7)15-27(3,4)5)37-22(20)18-14-16-13-17(34-8)11-12-19(16)30-23(18)29/h11-14,31H,9-10,15H2,1-8H3. The van der Waals surface area contributed by atoms with Crippen LogP contribution in [0.5, 0.6) is 5.75 Å². The monoisotopic (exact) mass is 530 g/mol. The molecular weight excluding hydrogens is 496 g/mol. The van der Waals surface area contributed by atoms with Crippen LogP contribution < -0.4 is 10.1 Å². The van der Waals surface area contributed by atoms with Crippen LogP contribution >= 0.6 is 11.6 Å². The van der Waals surface area contributed by atoms with E-state index in [1.54, 1.807) is 45.2 Å². The van der Waals surface area contributed by atoms with Crippen molar-refractivity contribution in [2.24, 2.45) is 5.41 Å². The third-order valence-electron chi connectivity index (χ3n) is 5.51. The molecule has 0 bridgehead atoms. The van der Waals surface area contributed by atoms with E-state index in [9.17, 15) is 9.59 Å². The van der Waals surface area contributed by atoms with Crippen LogP contribution in [-0.2, 0) is 9.47 Å². The molecule has 3 aromatic rings. The lowest BCUT2D eigenvalue weighted by Gasteiger charge is -2.33. The summed E-state index contributed by atoms with van der Waals surface area (Å²) in [6.45, 7) is 13.9. The Morgan fingerprint density at radius 1 is 1.00 bits per heavy atom. The van der Waals surface area contributed by atoms with Crippen LogP contribution in [-0.4, -0.2) is 42.8 Å². The minimum Gasteiger partial charge on any atom is -0.497 e. The smallest absolute Gasteiger partial charge is 0.344 e. The lowest BCUT2D eigenvalue weighted by molar-refractivity contribution is 0.0481. The molecule has 1 aromatic carbocycles. The summed E-state index contributed by atoms with van der Waals surface area (Å²) in [7, 11) is 1.57. The number of carbonyl (C=O) groups excluding carboxylic acids is 2. The molecule has 0 saturated heterocycles. The van der Waals surface area contributed by atoms with Crippen molar-refractivity contribution in [2.75, 3.05) is 25.6 Å². The number of ether oxygens (including phenoxy) is 3. The van der Waals surface area contributed by atoms with Crippen molar-refractivity contribution in [1.82, 2.24) is 4.98 Å². The van der Waals surface area contributed by atoms with Crippen molar-refractivity contribution in [1.29, 1.82) is 0 Å². The zero-order chi connectivity index (χ0) is 27.5. The van der Waals surface area contributed by atoms with Crippen LogP contribution in [0, 0.1) is 5.41 Å². The van der Waals surface area contributed by atoms with Crippen LogP contribution in [0.1, 0.15) is 75.6 Å². The van der Waals surface area contributed by atoms with Crippen molar-refractivity contribution in [3.63, 3.8) is 0 Å². The van der Waals surface area contributed by atoms with Gasteiger partial charge >= 0.3 is 11.9 Å². The number of nitrogens with zero attached hydrogens (tertiary/aromatic N) is 1. The van der Waals surface area contributed by atoms with Gasteiger partial charge in [0.15, 0.2) is 5.76 Å². The quantitative estimate of drug-likeness (QED) is 0.230. The number of furan rings is 1. The van der Waals surface area contributed by atoms with E-state index in [4.69, 9.17) is 30.2 Å². The van der Waals surface area contributed by atoms with Crippen molar-refractivity contribution in [3.8, 4) is 17.1 Å². The fourth-order valence-electron chi connectivity index (χ4n) is 4.60. The summed E-state index contributed by atoms with van der Waals surface area (Å²) in [5.41, 5.74) is 0.329. The minimum absolute atomic E-state index is 0.0232. The number of methoxy groups -OCH3 is 1. The predicted octanol–water partition coefficient (Wildman–Crippen LogP) is 7.14. The van der Waals surface area contributed by atoms with Crippen LogP contribution in [0.15, 0.2) is 28.7 Å². The molecule has 0 aliphatic rings. The number of hydrogen-bond donors (Lipinski definition) is 1. The molecule has 0 amide bonds. The topological polar surface area (TPSA) is 99.9 Å². The van der Waals surface area contributed by atoms with E-state index in [0.29, 0.717) is 22.2 Å². The third kappa shape index (κ3) is 6.55. The molecule has 0 aliphatic carbocycles. The Kier molecular flexibility index (Phi) is 8.42. The van der Waals surface area contributed by atoms with Crippen molar-refractivity contribution in [2.45, 2.75) is 60.4 Å². The number of carbonyl (C=O) groups is 2. The molecule has 1 N–H and O–H groups in total. The Labute approximate surface area is 222 Å². The van der Waals surface area contributed by atoms with Gasteiger partial charge in [-0.1, -0.05) is 32.4 Å². The number of rotatable bonds is 9. The maximum atomic E-state index is 13.3. The van der Waals surface area contributed by atoms with Crippen LogP contribution in [0.2, 0.25) is 5.15 Å². The largest absolute Gasteiger partial charge is 0.497 e. The first-order chi connectivity index (χ1) is 17.3. The summed E-state index contributed by atoms with van der Waals surface area (Å²) < 4.78 is 22.2. The van der Waals surface area contributed by atoms with Gasteiger partial charge in [0, 0.05) is 10.9 Å². The summed E-state index contributed by atoms with van der Waals surface area (Å²) in [6, 6.07) is 7.10. The highest BCUT2D eigenvalue weighted by Gasteiger charge is 2.36. The Morgan fingerprint density at radius 3 is 2.19 bits per heavy atom. The van der Waals surface area contributed by atoms with Crippen LogP contribution in [0.3, 0.4) is 0 Å². The molecule has 9 heteroatoms. The second-order valence-corrected chi connectivity index (χ2v) is 10.9. The highest BCUT2D eigenvalue weighted by Crippen LogP contribution is 2.42. The number of hydrogen-bond acceptors (Lipinski definition) is 8. The van der Waals surface area contributed by atoms with Crippen LogP contribution in [0.25, 0.3) is 22.2 Å². The number of fused-ring (bicyclic) bond motifs is 1. The average Bonchev–Trinajstić information content (AvgIpc) is 3.15. The SMILES string of the molecule is CCOC(=O)c1c(NC(C)(C)CC(C)(C)C)oc(-c2cc3cc(OC)ccc3nc2Cl)c1C(=O)OCC. The maximum Gasteiger partial charge on any atom is 0.344 e. The van der Waals surface area contributed by atoms with E-state index < -0.39 is 17.5 Å².